The molecule has 0 aliphatic carbocycles. The van der Waals surface area contributed by atoms with Crippen LogP contribution in [-0.2, 0) is 19.1 Å². The van der Waals surface area contributed by atoms with Gasteiger partial charge in [0.25, 0.3) is 0 Å². The highest BCUT2D eigenvalue weighted by atomic mass is 19.4. The summed E-state index contributed by atoms with van der Waals surface area (Å²) in [5.41, 5.74) is -0.0107. The molecule has 0 aromatic carbocycles. The van der Waals surface area contributed by atoms with E-state index in [0.717, 1.165) is 12.4 Å². The normalized spacial score (nSPS) is 14.8. The predicted octanol–water partition coefficient (Wildman–Crippen LogP) is 1.48. The number of hydrogen-bond acceptors (Lipinski definition) is 5. The maximum absolute atomic E-state index is 12.7. The first-order valence-corrected chi connectivity index (χ1v) is 6.30. The minimum Gasteiger partial charge on any atom is -0.476 e. The molecule has 2 aromatic heterocycles. The molecular formula is C12H10F3N5O2. The number of rotatable bonds is 2. The van der Waals surface area contributed by atoms with Crippen LogP contribution in [0.25, 0.3) is 0 Å². The molecule has 3 heterocycles. The molecule has 1 aliphatic rings. The summed E-state index contributed by atoms with van der Waals surface area (Å²) in [5, 5.41) is 15.4. The fourth-order valence-electron chi connectivity index (χ4n) is 2.34. The largest absolute Gasteiger partial charge is 0.476 e. The highest BCUT2D eigenvalue weighted by Gasteiger charge is 2.34. The number of carbonyl (C=O) groups is 1. The fraction of sp³-hybridized carbons (Fsp3) is 0.333. The van der Waals surface area contributed by atoms with Crippen LogP contribution in [0.5, 0.6) is 0 Å². The quantitative estimate of drug-likeness (QED) is 0.872. The molecule has 0 unspecified atom stereocenters. The van der Waals surface area contributed by atoms with E-state index in [1.165, 1.54) is 0 Å². The van der Waals surface area contributed by atoms with Crippen LogP contribution >= 0.6 is 0 Å². The highest BCUT2D eigenvalue weighted by Crippen LogP contribution is 2.30. The Labute approximate surface area is 121 Å². The Morgan fingerprint density at radius 2 is 2.14 bits per heavy atom. The first-order valence-electron chi connectivity index (χ1n) is 6.30. The maximum atomic E-state index is 12.7. The number of carboxylic acid groups (broad SMARTS) is 1. The molecule has 0 fully saturated rings. The van der Waals surface area contributed by atoms with Gasteiger partial charge in [0.05, 0.1) is 0 Å². The molecule has 2 N–H and O–H groups in total. The standard InChI is InChI=1S/C12H10F3N5O2/c13-12(14,15)8-3-9(17-5-16-8)20-2-1-7-6(4-20)10(11(21)22)19-18-7/h3,5H,1-2,4H2,(H,18,19)(H,21,22). The second-order valence-corrected chi connectivity index (χ2v) is 4.77. The number of nitrogens with one attached hydrogen (secondary N) is 1. The smallest absolute Gasteiger partial charge is 0.433 e. The van der Waals surface area contributed by atoms with Crippen LogP contribution in [0.1, 0.15) is 27.4 Å². The summed E-state index contributed by atoms with van der Waals surface area (Å²) in [7, 11) is 0. The summed E-state index contributed by atoms with van der Waals surface area (Å²) in [6.07, 6.45) is -3.26. The van der Waals surface area contributed by atoms with Crippen LogP contribution in [0, 0.1) is 0 Å². The summed E-state index contributed by atoms with van der Waals surface area (Å²) in [6, 6.07) is 0.853. The number of aromatic nitrogens is 4. The van der Waals surface area contributed by atoms with Crippen molar-refractivity contribution in [2.75, 3.05) is 11.4 Å². The molecule has 2 aromatic rings. The zero-order valence-electron chi connectivity index (χ0n) is 11.1. The van der Waals surface area contributed by atoms with E-state index in [2.05, 4.69) is 20.2 Å². The molecular weight excluding hydrogens is 303 g/mol. The molecule has 3 rings (SSSR count). The van der Waals surface area contributed by atoms with E-state index in [-0.39, 0.29) is 18.1 Å². The fourth-order valence-corrected chi connectivity index (χ4v) is 2.34. The Morgan fingerprint density at radius 3 is 2.82 bits per heavy atom. The predicted molar refractivity (Wildman–Crippen MR) is 67.3 cm³/mol. The maximum Gasteiger partial charge on any atom is 0.433 e. The lowest BCUT2D eigenvalue weighted by atomic mass is 10.1. The minimum absolute atomic E-state index is 0.102. The first kappa shape index (κ1) is 14.3. The third-order valence-corrected chi connectivity index (χ3v) is 3.40. The number of carboxylic acids is 1. The lowest BCUT2D eigenvalue weighted by Crippen LogP contribution is -2.32. The number of anilines is 1. The van der Waals surface area contributed by atoms with Crippen molar-refractivity contribution in [3.8, 4) is 0 Å². The zero-order chi connectivity index (χ0) is 15.9. The number of halogens is 3. The van der Waals surface area contributed by atoms with Gasteiger partial charge in [-0.05, 0) is 0 Å². The van der Waals surface area contributed by atoms with E-state index < -0.39 is 17.8 Å². The van der Waals surface area contributed by atoms with E-state index >= 15 is 0 Å². The Hall–Kier alpha value is -2.65. The number of nitrogens with zero attached hydrogens (tertiary/aromatic N) is 4. The van der Waals surface area contributed by atoms with Gasteiger partial charge in [-0.15, -0.1) is 0 Å². The second kappa shape index (κ2) is 4.97. The Bertz CT molecular complexity index is 728. The average molecular weight is 313 g/mol. The Balaban J connectivity index is 1.92. The van der Waals surface area contributed by atoms with Crippen molar-refractivity contribution in [2.24, 2.45) is 0 Å². The molecule has 0 radical (unpaired) electrons. The van der Waals surface area contributed by atoms with Crippen molar-refractivity contribution in [2.45, 2.75) is 19.1 Å². The van der Waals surface area contributed by atoms with Crippen LogP contribution < -0.4 is 4.90 Å². The molecule has 0 spiro atoms. The van der Waals surface area contributed by atoms with E-state index in [4.69, 9.17) is 5.11 Å². The lowest BCUT2D eigenvalue weighted by molar-refractivity contribution is -0.141. The molecule has 22 heavy (non-hydrogen) atoms. The molecule has 0 saturated carbocycles. The molecule has 0 bridgehead atoms. The van der Waals surface area contributed by atoms with Crippen molar-refractivity contribution in [3.63, 3.8) is 0 Å². The van der Waals surface area contributed by atoms with Gasteiger partial charge in [-0.1, -0.05) is 0 Å². The van der Waals surface area contributed by atoms with Gasteiger partial charge < -0.3 is 10.0 Å². The third kappa shape index (κ3) is 2.47. The molecule has 0 atom stereocenters. The molecule has 7 nitrogen and oxygen atoms in total. The number of hydrogen-bond donors (Lipinski definition) is 2. The Morgan fingerprint density at radius 1 is 1.36 bits per heavy atom. The molecule has 10 heteroatoms. The average Bonchev–Trinajstić information content (AvgIpc) is 2.89. The number of fused-ring (bicyclic) bond motifs is 1. The van der Waals surface area contributed by atoms with Gasteiger partial charge in [0, 0.05) is 36.8 Å². The molecule has 1 aliphatic heterocycles. The van der Waals surface area contributed by atoms with Gasteiger partial charge in [-0.3, -0.25) is 5.10 Å². The van der Waals surface area contributed by atoms with Crippen LogP contribution in [0.15, 0.2) is 12.4 Å². The summed E-state index contributed by atoms with van der Waals surface area (Å²) >= 11 is 0. The van der Waals surface area contributed by atoms with Gasteiger partial charge in [-0.25, -0.2) is 14.8 Å². The number of H-pyrrole nitrogens is 1. The van der Waals surface area contributed by atoms with Crippen LogP contribution in [0.3, 0.4) is 0 Å². The first-order chi connectivity index (χ1) is 10.4. The minimum atomic E-state index is -4.56. The van der Waals surface area contributed by atoms with Gasteiger partial charge in [0.2, 0.25) is 0 Å². The van der Waals surface area contributed by atoms with Crippen LogP contribution in [-0.4, -0.2) is 37.8 Å². The van der Waals surface area contributed by atoms with Crippen LogP contribution in [0.4, 0.5) is 19.0 Å². The third-order valence-electron chi connectivity index (χ3n) is 3.40. The van der Waals surface area contributed by atoms with E-state index in [9.17, 15) is 18.0 Å². The van der Waals surface area contributed by atoms with Gasteiger partial charge in [0.1, 0.15) is 17.8 Å². The Kier molecular flexibility index (Phi) is 3.23. The zero-order valence-corrected chi connectivity index (χ0v) is 11.1. The highest BCUT2D eigenvalue weighted by molar-refractivity contribution is 5.87. The number of aromatic carboxylic acids is 1. The van der Waals surface area contributed by atoms with Crippen molar-refractivity contribution in [3.05, 3.63) is 35.0 Å². The van der Waals surface area contributed by atoms with Crippen molar-refractivity contribution in [1.82, 2.24) is 20.2 Å². The van der Waals surface area contributed by atoms with Crippen molar-refractivity contribution in [1.29, 1.82) is 0 Å². The topological polar surface area (TPSA) is 95.0 Å². The van der Waals surface area contributed by atoms with Gasteiger partial charge in [0.15, 0.2) is 5.69 Å². The lowest BCUT2D eigenvalue weighted by Gasteiger charge is -2.28. The van der Waals surface area contributed by atoms with E-state index in [1.807, 2.05) is 0 Å². The molecule has 116 valence electrons. The summed E-state index contributed by atoms with van der Waals surface area (Å²) in [4.78, 5) is 19.7. The number of alkyl halides is 3. The summed E-state index contributed by atoms with van der Waals surface area (Å²) in [6.45, 7) is 0.532. The van der Waals surface area contributed by atoms with Gasteiger partial charge >= 0.3 is 12.1 Å². The molecule has 0 amide bonds. The van der Waals surface area contributed by atoms with E-state index in [0.29, 0.717) is 24.2 Å². The summed E-state index contributed by atoms with van der Waals surface area (Å²) in [5.74, 6) is -1.08. The van der Waals surface area contributed by atoms with Crippen LogP contribution in [0.2, 0.25) is 0 Å². The van der Waals surface area contributed by atoms with Crippen molar-refractivity contribution < 1.29 is 23.1 Å². The number of aromatic amines is 1. The van der Waals surface area contributed by atoms with Crippen molar-refractivity contribution >= 4 is 11.8 Å². The summed E-state index contributed by atoms with van der Waals surface area (Å²) < 4.78 is 38.1. The van der Waals surface area contributed by atoms with Gasteiger partial charge in [-0.2, -0.15) is 18.3 Å². The van der Waals surface area contributed by atoms with E-state index in [1.54, 1.807) is 4.90 Å². The monoisotopic (exact) mass is 313 g/mol. The molecule has 0 saturated heterocycles. The second-order valence-electron chi connectivity index (χ2n) is 4.77. The SMILES string of the molecule is O=C(O)c1n[nH]c2c1CN(c1cc(C(F)(F)F)ncn1)CC2.